The standard InChI is InChI=1S/C23H38N6O4S/c1-17-24-21(16-27(17)2)34(32,33)29-14-8-18(9-15-29)22(30)28-12-10-20(11-13-28)26-23(31)25-19-6-4-3-5-7-19/h16,18-20H,3-15H2,1-2H3,(H2,25,26,31). The molecule has 11 heteroatoms. The number of rotatable bonds is 5. The van der Waals surface area contributed by atoms with Gasteiger partial charge >= 0.3 is 6.03 Å². The molecular formula is C23H38N6O4S. The molecule has 1 aliphatic carbocycles. The molecule has 1 aromatic rings. The topological polar surface area (TPSA) is 117 Å². The largest absolute Gasteiger partial charge is 0.342 e. The highest BCUT2D eigenvalue weighted by molar-refractivity contribution is 7.89. The molecule has 0 spiro atoms. The molecule has 1 aromatic heterocycles. The molecule has 4 rings (SSSR count). The van der Waals surface area contributed by atoms with E-state index in [2.05, 4.69) is 15.6 Å². The van der Waals surface area contributed by atoms with Crippen LogP contribution in [-0.2, 0) is 21.9 Å². The molecule has 0 radical (unpaired) electrons. The predicted molar refractivity (Wildman–Crippen MR) is 128 cm³/mol. The van der Waals surface area contributed by atoms with Gasteiger partial charge in [0, 0.05) is 57.4 Å². The molecule has 3 fully saturated rings. The van der Waals surface area contributed by atoms with E-state index in [4.69, 9.17) is 0 Å². The quantitative estimate of drug-likeness (QED) is 0.647. The van der Waals surface area contributed by atoms with E-state index in [-0.39, 0.29) is 35.0 Å². The summed E-state index contributed by atoms with van der Waals surface area (Å²) in [4.78, 5) is 31.4. The van der Waals surface area contributed by atoms with Crippen molar-refractivity contribution in [1.29, 1.82) is 0 Å². The number of aromatic nitrogens is 2. The minimum absolute atomic E-state index is 0.0689. The molecule has 10 nitrogen and oxygen atoms in total. The fourth-order valence-corrected chi connectivity index (χ4v) is 6.78. The number of piperidine rings is 2. The molecule has 0 atom stereocenters. The number of carbonyl (C=O) groups is 2. The minimum atomic E-state index is -3.64. The normalized spacial score (nSPS) is 22.0. The smallest absolute Gasteiger partial charge is 0.315 e. The summed E-state index contributed by atoms with van der Waals surface area (Å²) >= 11 is 0. The number of imidazole rings is 1. The number of aryl methyl sites for hydroxylation is 2. The van der Waals surface area contributed by atoms with Crippen molar-refractivity contribution < 1.29 is 18.0 Å². The lowest BCUT2D eigenvalue weighted by Crippen LogP contribution is -2.52. The van der Waals surface area contributed by atoms with Gasteiger partial charge in [-0.05, 0) is 45.4 Å². The van der Waals surface area contributed by atoms with Gasteiger partial charge in [0.1, 0.15) is 5.82 Å². The van der Waals surface area contributed by atoms with Gasteiger partial charge in [-0.2, -0.15) is 4.31 Å². The van der Waals surface area contributed by atoms with Crippen LogP contribution >= 0.6 is 0 Å². The highest BCUT2D eigenvalue weighted by atomic mass is 32.2. The molecule has 34 heavy (non-hydrogen) atoms. The summed E-state index contributed by atoms with van der Waals surface area (Å²) in [5.41, 5.74) is 0. The van der Waals surface area contributed by atoms with Gasteiger partial charge in [-0.3, -0.25) is 4.79 Å². The van der Waals surface area contributed by atoms with Crippen molar-refractivity contribution in [3.05, 3.63) is 12.0 Å². The summed E-state index contributed by atoms with van der Waals surface area (Å²) < 4.78 is 28.9. The van der Waals surface area contributed by atoms with E-state index in [0.717, 1.165) is 25.7 Å². The third-order valence-corrected chi connectivity index (χ3v) is 9.35. The maximum absolute atomic E-state index is 13.1. The van der Waals surface area contributed by atoms with Gasteiger partial charge in [0.25, 0.3) is 10.0 Å². The number of hydrogen-bond donors (Lipinski definition) is 2. The van der Waals surface area contributed by atoms with Crippen molar-refractivity contribution in [3.8, 4) is 0 Å². The Kier molecular flexibility index (Phi) is 7.81. The van der Waals surface area contributed by atoms with Crippen LogP contribution in [0.2, 0.25) is 0 Å². The second-order valence-electron chi connectivity index (χ2n) is 9.97. The number of amides is 3. The van der Waals surface area contributed by atoms with Crippen molar-refractivity contribution in [2.24, 2.45) is 13.0 Å². The van der Waals surface area contributed by atoms with Crippen LogP contribution in [0.5, 0.6) is 0 Å². The summed E-state index contributed by atoms with van der Waals surface area (Å²) in [5.74, 6) is 0.597. The van der Waals surface area contributed by atoms with Gasteiger partial charge < -0.3 is 20.1 Å². The SMILES string of the molecule is Cc1nc(S(=O)(=O)N2CCC(C(=O)N3CCC(NC(=O)NC4CCCCC4)CC3)CC2)cn1C. The van der Waals surface area contributed by atoms with Gasteiger partial charge in [-0.25, -0.2) is 18.2 Å². The summed E-state index contributed by atoms with van der Waals surface area (Å²) in [6.07, 6.45) is 9.80. The van der Waals surface area contributed by atoms with E-state index in [9.17, 15) is 18.0 Å². The number of carbonyl (C=O) groups excluding carboxylic acids is 2. The minimum Gasteiger partial charge on any atom is -0.342 e. The molecular weight excluding hydrogens is 456 g/mol. The average Bonchev–Trinajstić information content (AvgIpc) is 3.19. The Morgan fingerprint density at radius 2 is 1.50 bits per heavy atom. The Labute approximate surface area is 202 Å². The Balaban J connectivity index is 1.21. The van der Waals surface area contributed by atoms with E-state index in [0.29, 0.717) is 44.8 Å². The number of sulfonamides is 1. The number of urea groups is 1. The maximum Gasteiger partial charge on any atom is 0.315 e. The van der Waals surface area contributed by atoms with Crippen LogP contribution in [0.15, 0.2) is 11.2 Å². The highest BCUT2D eigenvalue weighted by Gasteiger charge is 2.36. The lowest BCUT2D eigenvalue weighted by Gasteiger charge is -2.37. The van der Waals surface area contributed by atoms with Gasteiger partial charge in [0.05, 0.1) is 0 Å². The first kappa shape index (κ1) is 25.0. The number of likely N-dealkylation sites (tertiary alicyclic amines) is 1. The van der Waals surface area contributed by atoms with Gasteiger partial charge in [0.2, 0.25) is 5.91 Å². The van der Waals surface area contributed by atoms with Gasteiger partial charge in [-0.1, -0.05) is 19.3 Å². The van der Waals surface area contributed by atoms with Crippen LogP contribution in [-0.4, -0.2) is 77.4 Å². The molecule has 0 unspecified atom stereocenters. The highest BCUT2D eigenvalue weighted by Crippen LogP contribution is 2.26. The fraction of sp³-hybridized carbons (Fsp3) is 0.783. The van der Waals surface area contributed by atoms with E-state index >= 15 is 0 Å². The third-order valence-electron chi connectivity index (χ3n) is 7.58. The van der Waals surface area contributed by atoms with Crippen molar-refractivity contribution >= 4 is 22.0 Å². The third kappa shape index (κ3) is 5.73. The predicted octanol–water partition coefficient (Wildman–Crippen LogP) is 1.75. The molecule has 0 aromatic carbocycles. The Morgan fingerprint density at radius 1 is 0.912 bits per heavy atom. The average molecular weight is 495 g/mol. The summed E-state index contributed by atoms with van der Waals surface area (Å²) in [6.45, 7) is 3.67. The van der Waals surface area contributed by atoms with Crippen molar-refractivity contribution in [2.45, 2.75) is 81.8 Å². The molecule has 2 aliphatic heterocycles. The summed E-state index contributed by atoms with van der Waals surface area (Å²) in [5, 5.41) is 6.24. The summed E-state index contributed by atoms with van der Waals surface area (Å²) in [6, 6.07) is 0.279. The molecule has 2 saturated heterocycles. The Hall–Kier alpha value is -2.14. The molecule has 3 heterocycles. The zero-order valence-corrected chi connectivity index (χ0v) is 21.1. The van der Waals surface area contributed by atoms with E-state index in [1.807, 2.05) is 4.90 Å². The monoisotopic (exact) mass is 494 g/mol. The number of nitrogens with one attached hydrogen (secondary N) is 2. The van der Waals surface area contributed by atoms with Crippen LogP contribution in [0.3, 0.4) is 0 Å². The van der Waals surface area contributed by atoms with Crippen LogP contribution in [0.25, 0.3) is 0 Å². The van der Waals surface area contributed by atoms with Crippen LogP contribution < -0.4 is 10.6 Å². The molecule has 3 aliphatic rings. The summed E-state index contributed by atoms with van der Waals surface area (Å²) in [7, 11) is -1.87. The molecule has 2 N–H and O–H groups in total. The first-order valence-corrected chi connectivity index (χ1v) is 14.0. The fourth-order valence-electron chi connectivity index (χ4n) is 5.29. The second-order valence-corrected chi connectivity index (χ2v) is 11.9. The van der Waals surface area contributed by atoms with Crippen molar-refractivity contribution in [1.82, 2.24) is 29.4 Å². The van der Waals surface area contributed by atoms with Gasteiger partial charge in [0.15, 0.2) is 5.03 Å². The number of nitrogens with zero attached hydrogens (tertiary/aromatic N) is 4. The lowest BCUT2D eigenvalue weighted by atomic mass is 9.94. The van der Waals surface area contributed by atoms with Crippen molar-refractivity contribution in [2.75, 3.05) is 26.2 Å². The number of hydrogen-bond acceptors (Lipinski definition) is 5. The zero-order chi connectivity index (χ0) is 24.3. The molecule has 1 saturated carbocycles. The molecule has 0 bridgehead atoms. The molecule has 3 amide bonds. The second kappa shape index (κ2) is 10.6. The van der Waals surface area contributed by atoms with Crippen LogP contribution in [0.1, 0.15) is 63.6 Å². The van der Waals surface area contributed by atoms with Crippen LogP contribution in [0.4, 0.5) is 4.79 Å². The maximum atomic E-state index is 13.1. The van der Waals surface area contributed by atoms with E-state index in [1.54, 1.807) is 18.5 Å². The molecule has 190 valence electrons. The lowest BCUT2D eigenvalue weighted by molar-refractivity contribution is -0.137. The van der Waals surface area contributed by atoms with E-state index in [1.165, 1.54) is 29.8 Å². The van der Waals surface area contributed by atoms with Crippen LogP contribution in [0, 0.1) is 12.8 Å². The first-order valence-electron chi connectivity index (χ1n) is 12.6. The van der Waals surface area contributed by atoms with Gasteiger partial charge in [-0.15, -0.1) is 0 Å². The van der Waals surface area contributed by atoms with E-state index < -0.39 is 10.0 Å². The Morgan fingerprint density at radius 3 is 2.06 bits per heavy atom. The zero-order valence-electron chi connectivity index (χ0n) is 20.3. The van der Waals surface area contributed by atoms with Crippen molar-refractivity contribution in [3.63, 3.8) is 0 Å². The first-order chi connectivity index (χ1) is 16.2. The Bertz CT molecular complexity index is 952.